The molecule has 2 aliphatic rings. The van der Waals surface area contributed by atoms with E-state index in [0.717, 1.165) is 18.8 Å². The Morgan fingerprint density at radius 3 is 1.74 bits per heavy atom. The van der Waals surface area contributed by atoms with E-state index in [1.165, 1.54) is 12.1 Å². The second-order valence-corrected chi connectivity index (χ2v) is 8.37. The predicted octanol–water partition coefficient (Wildman–Crippen LogP) is 2.89. The summed E-state index contributed by atoms with van der Waals surface area (Å²) in [7, 11) is 0. The van der Waals surface area contributed by atoms with E-state index < -0.39 is 10.9 Å². The minimum Gasteiger partial charge on any atom is -0.462 e. The first-order valence-corrected chi connectivity index (χ1v) is 12.5. The number of esters is 2. The molecule has 38 heavy (non-hydrogen) atoms. The summed E-state index contributed by atoms with van der Waals surface area (Å²) in [6, 6.07) is 9.59. The first-order chi connectivity index (χ1) is 18.3. The Kier molecular flexibility index (Phi) is 10.7. The highest BCUT2D eigenvalue weighted by molar-refractivity contribution is 5.97. The van der Waals surface area contributed by atoms with Crippen LogP contribution in [0.25, 0.3) is 0 Å². The van der Waals surface area contributed by atoms with E-state index in [1.54, 1.807) is 32.0 Å². The maximum absolute atomic E-state index is 12.0. The summed E-state index contributed by atoms with van der Waals surface area (Å²) in [5.74, 6) is -0.871. The van der Waals surface area contributed by atoms with Gasteiger partial charge in [-0.2, -0.15) is 0 Å². The summed E-state index contributed by atoms with van der Waals surface area (Å²) in [6.07, 6.45) is 0. The zero-order valence-corrected chi connectivity index (χ0v) is 21.7. The topological polar surface area (TPSA) is 147 Å². The van der Waals surface area contributed by atoms with E-state index in [9.17, 15) is 19.7 Å². The third-order valence-electron chi connectivity index (χ3n) is 5.91. The van der Waals surface area contributed by atoms with Gasteiger partial charge in [0.05, 0.1) is 67.1 Å². The fourth-order valence-corrected chi connectivity index (χ4v) is 4.10. The highest BCUT2D eigenvalue weighted by Crippen LogP contribution is 2.27. The zero-order chi connectivity index (χ0) is 27.5. The Balaban J connectivity index is 0.000000212. The number of hydrogen-bond donors (Lipinski definition) is 1. The average Bonchev–Trinajstić information content (AvgIpc) is 2.94. The van der Waals surface area contributed by atoms with Crippen LogP contribution in [0.1, 0.15) is 34.6 Å². The average molecular weight is 531 g/mol. The Hall–Kier alpha value is -3.90. The van der Waals surface area contributed by atoms with Crippen molar-refractivity contribution in [1.82, 2.24) is 0 Å². The Labute approximate surface area is 221 Å². The van der Waals surface area contributed by atoms with Crippen LogP contribution in [-0.2, 0) is 18.9 Å². The molecular weight excluding hydrogens is 496 g/mol. The number of non-ortho nitro benzene ring substituents is 1. The maximum Gasteiger partial charge on any atom is 0.340 e. The van der Waals surface area contributed by atoms with Gasteiger partial charge < -0.3 is 34.5 Å². The number of nitrogens with two attached hydrogens (primary N) is 1. The molecule has 0 spiro atoms. The first kappa shape index (κ1) is 28.7. The quantitative estimate of drug-likeness (QED) is 0.244. The van der Waals surface area contributed by atoms with Crippen LogP contribution in [0.5, 0.6) is 0 Å². The normalized spacial score (nSPS) is 15.2. The van der Waals surface area contributed by atoms with Crippen molar-refractivity contribution in [2.75, 3.05) is 81.4 Å². The molecule has 0 unspecified atom stereocenters. The van der Waals surface area contributed by atoms with Gasteiger partial charge in [-0.3, -0.25) is 10.1 Å². The molecule has 0 radical (unpaired) electrons. The number of rotatable bonds is 7. The summed E-state index contributed by atoms with van der Waals surface area (Å²) in [4.78, 5) is 38.3. The van der Waals surface area contributed by atoms with Gasteiger partial charge in [0.1, 0.15) is 0 Å². The molecule has 2 heterocycles. The van der Waals surface area contributed by atoms with E-state index in [4.69, 9.17) is 24.7 Å². The summed E-state index contributed by atoms with van der Waals surface area (Å²) < 4.78 is 20.6. The van der Waals surface area contributed by atoms with Crippen LogP contribution in [0.3, 0.4) is 0 Å². The van der Waals surface area contributed by atoms with E-state index in [-0.39, 0.29) is 23.8 Å². The largest absolute Gasteiger partial charge is 0.462 e. The van der Waals surface area contributed by atoms with Crippen LogP contribution in [0.2, 0.25) is 0 Å². The van der Waals surface area contributed by atoms with Crippen LogP contribution in [0.15, 0.2) is 36.4 Å². The van der Waals surface area contributed by atoms with Crippen molar-refractivity contribution in [1.29, 1.82) is 0 Å². The minimum absolute atomic E-state index is 0.120. The SMILES string of the molecule is CCOC(=O)c1cc(N)ccc1N1CCOCC1.CCOC(=O)c1cc([N+](=O)[O-])ccc1N1CCOCC1. The van der Waals surface area contributed by atoms with Crippen molar-refractivity contribution in [3.8, 4) is 0 Å². The molecule has 2 aromatic rings. The molecule has 0 aliphatic carbocycles. The van der Waals surface area contributed by atoms with Gasteiger partial charge in [-0.05, 0) is 38.1 Å². The summed E-state index contributed by atoms with van der Waals surface area (Å²) in [5.41, 5.74) is 8.45. The molecule has 0 bridgehead atoms. The Bertz CT molecular complexity index is 1110. The highest BCUT2D eigenvalue weighted by Gasteiger charge is 2.23. The van der Waals surface area contributed by atoms with Gasteiger partial charge in [0.15, 0.2) is 0 Å². The number of nitrogens with zero attached hydrogens (tertiary/aromatic N) is 3. The van der Waals surface area contributed by atoms with Crippen LogP contribution in [0, 0.1) is 10.1 Å². The predicted molar refractivity (Wildman–Crippen MR) is 142 cm³/mol. The monoisotopic (exact) mass is 530 g/mol. The van der Waals surface area contributed by atoms with Crippen molar-refractivity contribution in [2.24, 2.45) is 0 Å². The van der Waals surface area contributed by atoms with E-state index in [1.807, 2.05) is 11.0 Å². The smallest absolute Gasteiger partial charge is 0.340 e. The second-order valence-electron chi connectivity index (χ2n) is 8.37. The number of nitro groups is 1. The molecule has 2 aromatic carbocycles. The maximum atomic E-state index is 12.0. The number of nitro benzene ring substituents is 1. The Morgan fingerprint density at radius 1 is 0.842 bits per heavy atom. The lowest BCUT2D eigenvalue weighted by molar-refractivity contribution is -0.384. The number of benzene rings is 2. The van der Waals surface area contributed by atoms with Gasteiger partial charge in [-0.15, -0.1) is 0 Å². The molecule has 12 nitrogen and oxygen atoms in total. The van der Waals surface area contributed by atoms with Crippen LogP contribution in [0.4, 0.5) is 22.7 Å². The van der Waals surface area contributed by atoms with E-state index in [0.29, 0.717) is 63.1 Å². The fraction of sp³-hybridized carbons (Fsp3) is 0.462. The summed E-state index contributed by atoms with van der Waals surface area (Å²) >= 11 is 0. The number of carbonyl (C=O) groups is 2. The first-order valence-electron chi connectivity index (χ1n) is 12.5. The lowest BCUT2D eigenvalue weighted by Crippen LogP contribution is -2.37. The van der Waals surface area contributed by atoms with Gasteiger partial charge in [0.25, 0.3) is 5.69 Å². The zero-order valence-electron chi connectivity index (χ0n) is 21.7. The number of morpholine rings is 2. The Morgan fingerprint density at radius 2 is 1.29 bits per heavy atom. The molecule has 12 heteroatoms. The fourth-order valence-electron chi connectivity index (χ4n) is 4.10. The molecular formula is C26H34N4O8. The van der Waals surface area contributed by atoms with Crippen LogP contribution < -0.4 is 15.5 Å². The van der Waals surface area contributed by atoms with Crippen molar-refractivity contribution >= 4 is 34.7 Å². The molecule has 206 valence electrons. The van der Waals surface area contributed by atoms with Gasteiger partial charge in [-0.25, -0.2) is 9.59 Å². The number of hydrogen-bond acceptors (Lipinski definition) is 11. The number of carbonyl (C=O) groups excluding carboxylic acids is 2. The third-order valence-corrected chi connectivity index (χ3v) is 5.91. The van der Waals surface area contributed by atoms with Gasteiger partial charge in [0, 0.05) is 44.0 Å². The number of anilines is 3. The second kappa shape index (κ2) is 14.1. The summed E-state index contributed by atoms with van der Waals surface area (Å²) in [5, 5.41) is 10.8. The molecule has 4 rings (SSSR count). The number of ether oxygens (including phenoxy) is 4. The molecule has 0 amide bonds. The molecule has 2 saturated heterocycles. The summed E-state index contributed by atoms with van der Waals surface area (Å²) in [6.45, 7) is 9.39. The lowest BCUT2D eigenvalue weighted by Gasteiger charge is -2.30. The molecule has 0 aromatic heterocycles. The van der Waals surface area contributed by atoms with Crippen molar-refractivity contribution in [2.45, 2.75) is 13.8 Å². The van der Waals surface area contributed by atoms with Gasteiger partial charge in [-0.1, -0.05) is 0 Å². The third kappa shape index (κ3) is 7.56. The van der Waals surface area contributed by atoms with E-state index >= 15 is 0 Å². The molecule has 2 fully saturated rings. The van der Waals surface area contributed by atoms with Crippen LogP contribution in [-0.4, -0.2) is 82.7 Å². The standard InChI is InChI=1S/C13H16N2O5.C13H18N2O3/c1-2-20-13(16)11-9-10(15(17)18)3-4-12(11)14-5-7-19-8-6-14;1-2-18-13(16)11-9-10(14)3-4-12(11)15-5-7-17-8-6-15/h3-4,9H,2,5-8H2,1H3;3-4,9H,2,5-8,14H2,1H3. The van der Waals surface area contributed by atoms with Crippen molar-refractivity contribution in [3.05, 3.63) is 57.6 Å². The van der Waals surface area contributed by atoms with Gasteiger partial charge in [0.2, 0.25) is 0 Å². The van der Waals surface area contributed by atoms with Gasteiger partial charge >= 0.3 is 11.9 Å². The number of nitrogen functional groups attached to an aromatic ring is 1. The lowest BCUT2D eigenvalue weighted by atomic mass is 10.1. The van der Waals surface area contributed by atoms with Crippen molar-refractivity contribution in [3.63, 3.8) is 0 Å². The molecule has 0 saturated carbocycles. The van der Waals surface area contributed by atoms with E-state index in [2.05, 4.69) is 4.90 Å². The van der Waals surface area contributed by atoms with Crippen LogP contribution >= 0.6 is 0 Å². The molecule has 2 aliphatic heterocycles. The minimum atomic E-state index is -0.544. The highest BCUT2D eigenvalue weighted by atomic mass is 16.6. The van der Waals surface area contributed by atoms with Crippen molar-refractivity contribution < 1.29 is 33.5 Å². The molecule has 0 atom stereocenters. The molecule has 2 N–H and O–H groups in total.